The van der Waals surface area contributed by atoms with Crippen LogP contribution >= 0.6 is 0 Å². The third kappa shape index (κ3) is 4.61. The standard InChI is InChI=1S/C15H20N4O2/c1-21-9-8-19-11-13(10-17-19)18-15(20)7-6-12-4-2-3-5-14(12)16/h2-5,10-11H,6-9,16H2,1H3,(H,18,20). The maximum Gasteiger partial charge on any atom is 0.224 e. The Morgan fingerprint density at radius 2 is 2.24 bits per heavy atom. The number of amides is 1. The number of nitrogens with zero attached hydrogens (tertiary/aromatic N) is 2. The van der Waals surface area contributed by atoms with Crippen LogP contribution in [0.2, 0.25) is 0 Å². The van der Waals surface area contributed by atoms with Gasteiger partial charge in [0.2, 0.25) is 5.91 Å². The Morgan fingerprint density at radius 3 is 3.00 bits per heavy atom. The monoisotopic (exact) mass is 288 g/mol. The largest absolute Gasteiger partial charge is 0.399 e. The molecule has 1 amide bonds. The number of anilines is 2. The average molecular weight is 288 g/mol. The van der Waals surface area contributed by atoms with Crippen molar-refractivity contribution in [3.8, 4) is 0 Å². The van der Waals surface area contributed by atoms with Crippen LogP contribution in [0, 0.1) is 0 Å². The van der Waals surface area contributed by atoms with Gasteiger partial charge in [-0.3, -0.25) is 9.48 Å². The molecule has 0 spiro atoms. The zero-order valence-corrected chi connectivity index (χ0v) is 12.1. The van der Waals surface area contributed by atoms with Crippen molar-refractivity contribution < 1.29 is 9.53 Å². The molecule has 0 radical (unpaired) electrons. The summed E-state index contributed by atoms with van der Waals surface area (Å²) in [5.41, 5.74) is 8.25. The van der Waals surface area contributed by atoms with Gasteiger partial charge in [0.25, 0.3) is 0 Å². The maximum absolute atomic E-state index is 11.9. The van der Waals surface area contributed by atoms with E-state index in [4.69, 9.17) is 10.5 Å². The van der Waals surface area contributed by atoms with Crippen molar-refractivity contribution in [2.75, 3.05) is 24.8 Å². The number of carbonyl (C=O) groups is 1. The summed E-state index contributed by atoms with van der Waals surface area (Å²) in [6.07, 6.45) is 4.42. The Kier molecular flexibility index (Phi) is 5.34. The second-order valence-electron chi connectivity index (χ2n) is 4.73. The van der Waals surface area contributed by atoms with Crippen LogP contribution in [0.25, 0.3) is 0 Å². The summed E-state index contributed by atoms with van der Waals surface area (Å²) < 4.78 is 6.71. The van der Waals surface area contributed by atoms with E-state index in [9.17, 15) is 4.79 Å². The molecule has 0 saturated heterocycles. The molecule has 1 heterocycles. The summed E-state index contributed by atoms with van der Waals surface area (Å²) in [5.74, 6) is -0.0513. The molecule has 6 nitrogen and oxygen atoms in total. The van der Waals surface area contributed by atoms with Crippen LogP contribution in [0.1, 0.15) is 12.0 Å². The number of ether oxygens (including phenoxy) is 1. The van der Waals surface area contributed by atoms with Crippen molar-refractivity contribution in [3.63, 3.8) is 0 Å². The van der Waals surface area contributed by atoms with Crippen LogP contribution in [-0.2, 0) is 22.5 Å². The molecule has 0 aliphatic carbocycles. The van der Waals surface area contributed by atoms with Crippen LogP contribution in [0.5, 0.6) is 0 Å². The molecule has 0 saturated carbocycles. The Bertz CT molecular complexity index is 595. The van der Waals surface area contributed by atoms with Crippen LogP contribution in [0.15, 0.2) is 36.7 Å². The molecule has 2 aromatic rings. The van der Waals surface area contributed by atoms with Gasteiger partial charge in [0, 0.05) is 25.4 Å². The number of para-hydroxylation sites is 1. The van der Waals surface area contributed by atoms with E-state index < -0.39 is 0 Å². The van der Waals surface area contributed by atoms with Crippen molar-refractivity contribution >= 4 is 17.3 Å². The highest BCUT2D eigenvalue weighted by Gasteiger charge is 2.06. The molecule has 0 bridgehead atoms. The summed E-state index contributed by atoms with van der Waals surface area (Å²) in [6.45, 7) is 1.25. The van der Waals surface area contributed by atoms with Crippen LogP contribution in [-0.4, -0.2) is 29.4 Å². The van der Waals surface area contributed by atoms with Crippen molar-refractivity contribution in [1.29, 1.82) is 0 Å². The van der Waals surface area contributed by atoms with Gasteiger partial charge >= 0.3 is 0 Å². The normalized spacial score (nSPS) is 10.5. The molecule has 1 aromatic carbocycles. The average Bonchev–Trinajstić information content (AvgIpc) is 2.91. The molecule has 3 N–H and O–H groups in total. The van der Waals surface area contributed by atoms with Crippen molar-refractivity contribution in [1.82, 2.24) is 9.78 Å². The predicted molar refractivity (Wildman–Crippen MR) is 81.9 cm³/mol. The van der Waals surface area contributed by atoms with Gasteiger partial charge in [-0.25, -0.2) is 0 Å². The molecule has 0 aliphatic rings. The quantitative estimate of drug-likeness (QED) is 0.759. The fourth-order valence-electron chi connectivity index (χ4n) is 1.97. The number of benzene rings is 1. The van der Waals surface area contributed by atoms with E-state index in [1.54, 1.807) is 24.2 Å². The minimum absolute atomic E-state index is 0.0513. The number of rotatable bonds is 7. The van der Waals surface area contributed by atoms with E-state index in [1.807, 2.05) is 24.3 Å². The first-order chi connectivity index (χ1) is 10.2. The van der Waals surface area contributed by atoms with Gasteiger partial charge in [0.05, 0.1) is 25.0 Å². The van der Waals surface area contributed by atoms with Crippen molar-refractivity contribution in [2.45, 2.75) is 19.4 Å². The number of methoxy groups -OCH3 is 1. The van der Waals surface area contributed by atoms with Crippen LogP contribution < -0.4 is 11.1 Å². The summed E-state index contributed by atoms with van der Waals surface area (Å²) in [6, 6.07) is 7.58. The van der Waals surface area contributed by atoms with Gasteiger partial charge in [-0.1, -0.05) is 18.2 Å². The number of nitrogens with two attached hydrogens (primary N) is 1. The van der Waals surface area contributed by atoms with E-state index >= 15 is 0 Å². The Hall–Kier alpha value is -2.34. The summed E-state index contributed by atoms with van der Waals surface area (Å²) >= 11 is 0. The highest BCUT2D eigenvalue weighted by atomic mass is 16.5. The van der Waals surface area contributed by atoms with Gasteiger partial charge in [-0.05, 0) is 18.1 Å². The van der Waals surface area contributed by atoms with E-state index in [1.165, 1.54) is 0 Å². The molecule has 21 heavy (non-hydrogen) atoms. The van der Waals surface area contributed by atoms with Gasteiger partial charge in [0.15, 0.2) is 0 Å². The molecular formula is C15H20N4O2. The molecule has 0 atom stereocenters. The highest BCUT2D eigenvalue weighted by Crippen LogP contribution is 2.13. The molecule has 112 valence electrons. The summed E-state index contributed by atoms with van der Waals surface area (Å²) in [5, 5.41) is 6.97. The minimum Gasteiger partial charge on any atom is -0.399 e. The molecular weight excluding hydrogens is 268 g/mol. The Balaban J connectivity index is 1.82. The third-order valence-electron chi connectivity index (χ3n) is 3.12. The molecule has 0 aliphatic heterocycles. The predicted octanol–water partition coefficient (Wildman–Crippen LogP) is 1.68. The lowest BCUT2D eigenvalue weighted by atomic mass is 10.1. The fraction of sp³-hybridized carbons (Fsp3) is 0.333. The lowest BCUT2D eigenvalue weighted by Gasteiger charge is -2.05. The Morgan fingerprint density at radius 1 is 1.43 bits per heavy atom. The number of carbonyl (C=O) groups excluding carboxylic acids is 1. The van der Waals surface area contributed by atoms with E-state index in [0.717, 1.165) is 11.3 Å². The SMILES string of the molecule is COCCn1cc(NC(=O)CCc2ccccc2N)cn1. The first-order valence-electron chi connectivity index (χ1n) is 6.83. The van der Waals surface area contributed by atoms with Gasteiger partial charge < -0.3 is 15.8 Å². The first kappa shape index (κ1) is 15.1. The third-order valence-corrected chi connectivity index (χ3v) is 3.12. The highest BCUT2D eigenvalue weighted by molar-refractivity contribution is 5.90. The number of aromatic nitrogens is 2. The number of aryl methyl sites for hydroxylation is 1. The van der Waals surface area contributed by atoms with Crippen molar-refractivity contribution in [3.05, 3.63) is 42.2 Å². The second-order valence-corrected chi connectivity index (χ2v) is 4.73. The zero-order valence-electron chi connectivity index (χ0n) is 12.1. The van der Waals surface area contributed by atoms with Gasteiger partial charge in [0.1, 0.15) is 0 Å². The Labute approximate surface area is 123 Å². The number of nitrogens with one attached hydrogen (secondary N) is 1. The molecule has 0 fully saturated rings. The van der Waals surface area contributed by atoms with Crippen LogP contribution in [0.3, 0.4) is 0 Å². The zero-order chi connectivity index (χ0) is 15.1. The minimum atomic E-state index is -0.0513. The maximum atomic E-state index is 11.9. The fourth-order valence-corrected chi connectivity index (χ4v) is 1.97. The number of hydrogen-bond donors (Lipinski definition) is 2. The van der Waals surface area contributed by atoms with E-state index in [-0.39, 0.29) is 5.91 Å². The van der Waals surface area contributed by atoms with E-state index in [2.05, 4.69) is 10.4 Å². The van der Waals surface area contributed by atoms with Gasteiger partial charge in [-0.2, -0.15) is 5.10 Å². The summed E-state index contributed by atoms with van der Waals surface area (Å²) in [7, 11) is 1.64. The summed E-state index contributed by atoms with van der Waals surface area (Å²) in [4.78, 5) is 11.9. The molecule has 1 aromatic heterocycles. The second kappa shape index (κ2) is 7.44. The van der Waals surface area contributed by atoms with Gasteiger partial charge in [-0.15, -0.1) is 0 Å². The topological polar surface area (TPSA) is 82.2 Å². The molecule has 2 rings (SSSR count). The van der Waals surface area contributed by atoms with Crippen LogP contribution in [0.4, 0.5) is 11.4 Å². The number of hydrogen-bond acceptors (Lipinski definition) is 4. The lowest BCUT2D eigenvalue weighted by molar-refractivity contribution is -0.116. The first-order valence-corrected chi connectivity index (χ1v) is 6.83. The lowest BCUT2D eigenvalue weighted by Crippen LogP contribution is -2.12. The molecule has 6 heteroatoms. The molecule has 0 unspecified atom stereocenters. The number of nitrogen functional groups attached to an aromatic ring is 1. The van der Waals surface area contributed by atoms with Crippen molar-refractivity contribution in [2.24, 2.45) is 0 Å². The van der Waals surface area contributed by atoms with E-state index in [0.29, 0.717) is 31.7 Å². The smallest absolute Gasteiger partial charge is 0.224 e.